The first-order chi connectivity index (χ1) is 6.94. The summed E-state index contributed by atoms with van der Waals surface area (Å²) in [7, 11) is 1.26. The van der Waals surface area contributed by atoms with Crippen molar-refractivity contribution in [1.82, 2.24) is 4.90 Å². The number of Topliss-reactive ketones (excluding diaryl/α,β-unsaturated/α-hetero) is 2. The molecular formula is C9H12N2O4. The highest BCUT2D eigenvalue weighted by molar-refractivity contribution is 6.54. The fraction of sp³-hybridized carbons (Fsp3) is 0.556. The van der Waals surface area contributed by atoms with Crippen molar-refractivity contribution < 1.29 is 19.2 Å². The lowest BCUT2D eigenvalue weighted by Crippen LogP contribution is -2.76. The van der Waals surface area contributed by atoms with Crippen molar-refractivity contribution in [1.29, 1.82) is 0 Å². The lowest BCUT2D eigenvalue weighted by atomic mass is 9.60. The van der Waals surface area contributed by atoms with Crippen molar-refractivity contribution in [3.05, 3.63) is 0 Å². The largest absolute Gasteiger partial charge is 0.331 e. The van der Waals surface area contributed by atoms with Gasteiger partial charge in [-0.15, -0.1) is 0 Å². The first kappa shape index (κ1) is 11.5. The van der Waals surface area contributed by atoms with Gasteiger partial charge < -0.3 is 5.73 Å². The first-order valence-electron chi connectivity index (χ1n) is 4.53. The van der Waals surface area contributed by atoms with Crippen LogP contribution in [0.25, 0.3) is 0 Å². The molecule has 15 heavy (non-hydrogen) atoms. The summed E-state index contributed by atoms with van der Waals surface area (Å²) >= 11 is 0. The summed E-state index contributed by atoms with van der Waals surface area (Å²) in [6.45, 7) is 2.65. The van der Waals surface area contributed by atoms with E-state index in [0.717, 1.165) is 11.4 Å². The number of carbonyl (C=O) groups excluding carboxylic acids is 4. The van der Waals surface area contributed by atoms with E-state index in [1.165, 1.54) is 7.05 Å². The van der Waals surface area contributed by atoms with Gasteiger partial charge in [-0.25, -0.2) is 0 Å². The van der Waals surface area contributed by atoms with Crippen molar-refractivity contribution >= 4 is 23.4 Å². The average molecular weight is 212 g/mol. The molecule has 82 valence electrons. The van der Waals surface area contributed by atoms with Gasteiger partial charge in [0.2, 0.25) is 5.41 Å². The van der Waals surface area contributed by atoms with Gasteiger partial charge in [0.25, 0.3) is 11.8 Å². The number of rotatable bonds is 0. The third-order valence-electron chi connectivity index (χ3n) is 2.41. The monoisotopic (exact) mass is 212 g/mol. The van der Waals surface area contributed by atoms with Crippen molar-refractivity contribution in [2.45, 2.75) is 13.3 Å². The predicted molar refractivity (Wildman–Crippen MR) is 49.6 cm³/mol. The molecule has 1 heterocycles. The SMILES string of the molecule is CCN.CN1C(=O)C2(C(=O)CC2=O)C1=O. The summed E-state index contributed by atoms with van der Waals surface area (Å²) in [6.07, 6.45) is -0.273. The number of hydrogen-bond donors (Lipinski definition) is 1. The van der Waals surface area contributed by atoms with E-state index in [4.69, 9.17) is 5.73 Å². The number of β-lactam (4-membered cyclic amide) rings is 2. The lowest BCUT2D eigenvalue weighted by Gasteiger charge is -2.46. The van der Waals surface area contributed by atoms with E-state index in [2.05, 4.69) is 0 Å². The third kappa shape index (κ3) is 1.14. The van der Waals surface area contributed by atoms with Crippen molar-refractivity contribution in [3.8, 4) is 0 Å². The molecule has 0 radical (unpaired) electrons. The van der Waals surface area contributed by atoms with Gasteiger partial charge in [0, 0.05) is 7.05 Å². The Morgan fingerprint density at radius 2 is 1.53 bits per heavy atom. The van der Waals surface area contributed by atoms with Crippen LogP contribution < -0.4 is 5.73 Å². The normalized spacial score (nSPS) is 21.9. The quantitative estimate of drug-likeness (QED) is 0.388. The van der Waals surface area contributed by atoms with Gasteiger partial charge in [0.05, 0.1) is 6.42 Å². The fourth-order valence-electron chi connectivity index (χ4n) is 1.57. The van der Waals surface area contributed by atoms with Crippen LogP contribution in [-0.4, -0.2) is 41.9 Å². The molecule has 0 aromatic carbocycles. The van der Waals surface area contributed by atoms with Crippen LogP contribution in [-0.2, 0) is 19.2 Å². The van der Waals surface area contributed by atoms with E-state index in [1.54, 1.807) is 0 Å². The molecule has 2 amide bonds. The number of amides is 2. The second-order valence-electron chi connectivity index (χ2n) is 3.35. The molecule has 1 spiro atoms. The Hall–Kier alpha value is -1.56. The van der Waals surface area contributed by atoms with Crippen LogP contribution in [0.4, 0.5) is 0 Å². The van der Waals surface area contributed by atoms with Crippen LogP contribution in [0.1, 0.15) is 13.3 Å². The summed E-state index contributed by atoms with van der Waals surface area (Å²) in [5.74, 6) is -2.45. The first-order valence-corrected chi connectivity index (χ1v) is 4.53. The van der Waals surface area contributed by atoms with E-state index >= 15 is 0 Å². The zero-order valence-corrected chi connectivity index (χ0v) is 8.57. The lowest BCUT2D eigenvalue weighted by molar-refractivity contribution is -0.184. The van der Waals surface area contributed by atoms with Crippen LogP contribution >= 0.6 is 0 Å². The Bertz CT molecular complexity index is 329. The van der Waals surface area contributed by atoms with Gasteiger partial charge in [-0.1, -0.05) is 6.92 Å². The highest BCUT2D eigenvalue weighted by atomic mass is 16.2. The van der Waals surface area contributed by atoms with E-state index < -0.39 is 28.8 Å². The van der Waals surface area contributed by atoms with Crippen LogP contribution in [0.2, 0.25) is 0 Å². The molecule has 0 bridgehead atoms. The Morgan fingerprint density at radius 3 is 1.73 bits per heavy atom. The second kappa shape index (κ2) is 3.54. The van der Waals surface area contributed by atoms with Gasteiger partial charge in [-0.05, 0) is 6.54 Å². The molecule has 1 aliphatic heterocycles. The Balaban J connectivity index is 0.000000337. The molecule has 2 aliphatic rings. The minimum absolute atomic E-state index is 0.273. The summed E-state index contributed by atoms with van der Waals surface area (Å²) in [6, 6.07) is 0. The molecule has 0 atom stereocenters. The molecule has 1 aliphatic carbocycles. The smallest absolute Gasteiger partial charge is 0.260 e. The van der Waals surface area contributed by atoms with Gasteiger partial charge in [-0.2, -0.15) is 0 Å². The summed E-state index contributed by atoms with van der Waals surface area (Å²) in [5, 5.41) is 0. The molecule has 6 heteroatoms. The fourth-order valence-corrected chi connectivity index (χ4v) is 1.57. The predicted octanol–water partition coefficient (Wildman–Crippen LogP) is -1.52. The molecular weight excluding hydrogens is 200 g/mol. The van der Waals surface area contributed by atoms with Gasteiger partial charge in [-0.3, -0.25) is 24.1 Å². The number of carbonyl (C=O) groups is 4. The minimum Gasteiger partial charge on any atom is -0.331 e. The standard InChI is InChI=1S/C7H5NO4.C2H7N/c1-8-5(11)7(6(8)12)3(9)2-4(7)10;1-2-3/h2H2,1H3;2-3H2,1H3. The maximum Gasteiger partial charge on any atom is 0.260 e. The number of ketones is 2. The van der Waals surface area contributed by atoms with Crippen molar-refractivity contribution in [3.63, 3.8) is 0 Å². The Labute approximate surface area is 86.4 Å². The molecule has 1 saturated heterocycles. The zero-order chi connectivity index (χ0) is 11.8. The summed E-state index contributed by atoms with van der Waals surface area (Å²) in [4.78, 5) is 44.8. The maximum atomic E-state index is 11.1. The molecule has 0 aromatic rings. The van der Waals surface area contributed by atoms with E-state index in [0.29, 0.717) is 0 Å². The van der Waals surface area contributed by atoms with E-state index in [1.807, 2.05) is 6.92 Å². The second-order valence-corrected chi connectivity index (χ2v) is 3.35. The van der Waals surface area contributed by atoms with Gasteiger partial charge in [0.15, 0.2) is 11.6 Å². The number of likely N-dealkylation sites (tertiary alicyclic amines) is 1. The Kier molecular flexibility index (Phi) is 2.72. The molecule has 1 saturated carbocycles. The maximum absolute atomic E-state index is 11.1. The number of hydrogen-bond acceptors (Lipinski definition) is 5. The van der Waals surface area contributed by atoms with E-state index in [9.17, 15) is 19.2 Å². The molecule has 0 unspecified atom stereocenters. The molecule has 2 N–H and O–H groups in total. The van der Waals surface area contributed by atoms with Crippen LogP contribution in [0.15, 0.2) is 0 Å². The van der Waals surface area contributed by atoms with E-state index in [-0.39, 0.29) is 6.42 Å². The highest BCUT2D eigenvalue weighted by Gasteiger charge is 2.74. The molecule has 2 rings (SSSR count). The van der Waals surface area contributed by atoms with Gasteiger partial charge >= 0.3 is 0 Å². The highest BCUT2D eigenvalue weighted by Crippen LogP contribution is 2.43. The van der Waals surface area contributed by atoms with Crippen molar-refractivity contribution in [2.24, 2.45) is 11.1 Å². The number of imide groups is 1. The van der Waals surface area contributed by atoms with Crippen LogP contribution in [0.5, 0.6) is 0 Å². The van der Waals surface area contributed by atoms with Crippen molar-refractivity contribution in [2.75, 3.05) is 13.6 Å². The van der Waals surface area contributed by atoms with Crippen LogP contribution in [0, 0.1) is 5.41 Å². The number of nitrogens with zero attached hydrogens (tertiary/aromatic N) is 1. The number of nitrogens with two attached hydrogens (primary N) is 1. The Morgan fingerprint density at radius 1 is 1.20 bits per heavy atom. The molecule has 6 nitrogen and oxygen atoms in total. The van der Waals surface area contributed by atoms with Gasteiger partial charge in [0.1, 0.15) is 0 Å². The minimum atomic E-state index is -1.88. The summed E-state index contributed by atoms with van der Waals surface area (Å²) in [5.41, 5.74) is 2.97. The summed E-state index contributed by atoms with van der Waals surface area (Å²) < 4.78 is 0. The zero-order valence-electron chi connectivity index (χ0n) is 8.57. The van der Waals surface area contributed by atoms with Crippen LogP contribution in [0.3, 0.4) is 0 Å². The average Bonchev–Trinajstić information content (AvgIpc) is 2.18. The topological polar surface area (TPSA) is 97.5 Å². The third-order valence-corrected chi connectivity index (χ3v) is 2.41. The molecule has 2 fully saturated rings. The molecule has 0 aromatic heterocycles.